The molecule has 0 bridgehead atoms. The van der Waals surface area contributed by atoms with E-state index in [4.69, 9.17) is 17.3 Å². The van der Waals surface area contributed by atoms with Crippen molar-refractivity contribution in [1.82, 2.24) is 15.1 Å². The summed E-state index contributed by atoms with van der Waals surface area (Å²) < 4.78 is 14.3. The summed E-state index contributed by atoms with van der Waals surface area (Å²) in [5, 5.41) is 20.4. The van der Waals surface area contributed by atoms with E-state index in [9.17, 15) is 14.3 Å². The summed E-state index contributed by atoms with van der Waals surface area (Å²) in [5.41, 5.74) is 7.37. The maximum Gasteiger partial charge on any atom is 0.245 e. The molecule has 0 aliphatic heterocycles. The molecule has 1 saturated carbocycles. The maximum atomic E-state index is 14.3. The number of nitrogens with zero attached hydrogens (tertiary/aromatic N) is 3. The van der Waals surface area contributed by atoms with Crippen LogP contribution in [-0.4, -0.2) is 39.2 Å². The van der Waals surface area contributed by atoms with E-state index < -0.39 is 5.82 Å². The number of fused-ring (bicyclic) bond motifs is 1. The highest BCUT2D eigenvalue weighted by molar-refractivity contribution is 6.34. The van der Waals surface area contributed by atoms with E-state index in [-0.39, 0.29) is 17.2 Å². The SMILES string of the molecule is C=CC(=O)N(CC)CC.Nc1nnc(C2CCCC2)c2cc(-c3c(O)cccc3F)c(Cl)cc12. The third-order valence-electron chi connectivity index (χ3n) is 6.18. The summed E-state index contributed by atoms with van der Waals surface area (Å²) in [7, 11) is 0. The molecular weight excluding hydrogens is 455 g/mol. The highest BCUT2D eigenvalue weighted by Gasteiger charge is 2.24. The van der Waals surface area contributed by atoms with Crippen LogP contribution in [0, 0.1) is 5.82 Å². The first kappa shape index (κ1) is 25.4. The van der Waals surface area contributed by atoms with Gasteiger partial charge in [0.2, 0.25) is 5.91 Å². The molecule has 1 aliphatic rings. The van der Waals surface area contributed by atoms with Gasteiger partial charge in [0, 0.05) is 40.4 Å². The average molecular weight is 485 g/mol. The van der Waals surface area contributed by atoms with E-state index in [2.05, 4.69) is 16.8 Å². The first-order valence-corrected chi connectivity index (χ1v) is 11.8. The molecule has 3 N–H and O–H groups in total. The quantitative estimate of drug-likeness (QED) is 0.428. The summed E-state index contributed by atoms with van der Waals surface area (Å²) in [6.45, 7) is 8.82. The molecule has 1 aliphatic carbocycles. The number of carbonyl (C=O) groups excluding carboxylic acids is 1. The Balaban J connectivity index is 0.000000309. The predicted octanol–water partition coefficient (Wildman–Crippen LogP) is 6.08. The minimum absolute atomic E-state index is 0.0139. The summed E-state index contributed by atoms with van der Waals surface area (Å²) >= 11 is 6.38. The fourth-order valence-electron chi connectivity index (χ4n) is 4.35. The number of nitrogens with two attached hydrogens (primary N) is 1. The van der Waals surface area contributed by atoms with E-state index in [0.29, 0.717) is 27.7 Å². The second-order valence-electron chi connectivity index (χ2n) is 8.18. The van der Waals surface area contributed by atoms with E-state index in [1.165, 1.54) is 24.3 Å². The maximum absolute atomic E-state index is 14.3. The van der Waals surface area contributed by atoms with Gasteiger partial charge < -0.3 is 15.7 Å². The van der Waals surface area contributed by atoms with Crippen LogP contribution in [0.3, 0.4) is 0 Å². The molecule has 1 heterocycles. The Labute approximate surface area is 204 Å². The van der Waals surface area contributed by atoms with Crippen molar-refractivity contribution in [3.05, 3.63) is 59.5 Å². The summed E-state index contributed by atoms with van der Waals surface area (Å²) in [6.07, 6.45) is 5.76. The Morgan fingerprint density at radius 2 is 1.91 bits per heavy atom. The molecule has 0 radical (unpaired) electrons. The molecule has 0 saturated heterocycles. The van der Waals surface area contributed by atoms with Gasteiger partial charge in [0.15, 0.2) is 5.82 Å². The van der Waals surface area contributed by atoms with Crippen molar-refractivity contribution in [2.24, 2.45) is 0 Å². The summed E-state index contributed by atoms with van der Waals surface area (Å²) in [4.78, 5) is 12.5. The fourth-order valence-corrected chi connectivity index (χ4v) is 4.61. The molecule has 1 fully saturated rings. The number of anilines is 1. The first-order valence-electron chi connectivity index (χ1n) is 11.5. The van der Waals surface area contributed by atoms with Gasteiger partial charge in [0.05, 0.1) is 11.3 Å². The molecule has 34 heavy (non-hydrogen) atoms. The zero-order valence-electron chi connectivity index (χ0n) is 19.5. The van der Waals surface area contributed by atoms with Crippen molar-refractivity contribution in [2.75, 3.05) is 18.8 Å². The lowest BCUT2D eigenvalue weighted by molar-refractivity contribution is -0.125. The molecule has 0 unspecified atom stereocenters. The lowest BCUT2D eigenvalue weighted by atomic mass is 9.94. The zero-order chi connectivity index (χ0) is 24.8. The van der Waals surface area contributed by atoms with Gasteiger partial charge in [0.25, 0.3) is 0 Å². The standard InChI is InChI=1S/C19H17ClFN3O.C7H13NO/c20-14-9-12-11(8-13(14)17-15(21)6-3-7-16(17)25)18(23-24-19(12)22)10-4-1-2-5-10;1-4-7(9)8(5-2)6-3/h3,6-10,25H,1-2,4-5H2,(H2,22,24);4H,1,5-6H2,2-3H3. The molecule has 4 rings (SSSR count). The number of aromatic hydroxyl groups is 1. The number of phenols is 1. The summed E-state index contributed by atoms with van der Waals surface area (Å²) in [5.74, 6) is -0.0564. The van der Waals surface area contributed by atoms with Crippen LogP contribution in [0.1, 0.15) is 51.1 Å². The number of hydrogen-bond acceptors (Lipinski definition) is 5. The molecule has 6 nitrogen and oxygen atoms in total. The number of nitrogen functional groups attached to an aromatic ring is 1. The van der Waals surface area contributed by atoms with Crippen molar-refractivity contribution in [2.45, 2.75) is 45.4 Å². The number of benzene rings is 2. The van der Waals surface area contributed by atoms with E-state index in [1.807, 2.05) is 13.8 Å². The van der Waals surface area contributed by atoms with Gasteiger partial charge >= 0.3 is 0 Å². The van der Waals surface area contributed by atoms with Crippen LogP contribution < -0.4 is 5.73 Å². The van der Waals surface area contributed by atoms with Crippen LogP contribution >= 0.6 is 11.6 Å². The number of hydrogen-bond donors (Lipinski definition) is 2. The van der Waals surface area contributed by atoms with Gasteiger partial charge in [-0.05, 0) is 57.0 Å². The van der Waals surface area contributed by atoms with Gasteiger partial charge in [-0.3, -0.25) is 4.79 Å². The number of phenolic OH excluding ortho intramolecular Hbond substituents is 1. The third kappa shape index (κ3) is 5.30. The van der Waals surface area contributed by atoms with Crippen LogP contribution in [0.5, 0.6) is 5.75 Å². The molecule has 1 amide bonds. The predicted molar refractivity (Wildman–Crippen MR) is 135 cm³/mol. The van der Waals surface area contributed by atoms with E-state index >= 15 is 0 Å². The Morgan fingerprint density at radius 3 is 2.47 bits per heavy atom. The van der Waals surface area contributed by atoms with Crippen LogP contribution in [0.25, 0.3) is 21.9 Å². The van der Waals surface area contributed by atoms with Gasteiger partial charge in [-0.2, -0.15) is 5.10 Å². The molecule has 8 heteroatoms. The normalized spacial score (nSPS) is 13.4. The highest BCUT2D eigenvalue weighted by Crippen LogP contribution is 2.42. The van der Waals surface area contributed by atoms with Crippen molar-refractivity contribution < 1.29 is 14.3 Å². The minimum Gasteiger partial charge on any atom is -0.507 e. The monoisotopic (exact) mass is 484 g/mol. The second-order valence-corrected chi connectivity index (χ2v) is 8.59. The van der Waals surface area contributed by atoms with Crippen LogP contribution in [0.2, 0.25) is 5.02 Å². The number of halogens is 2. The third-order valence-corrected chi connectivity index (χ3v) is 6.49. The number of rotatable bonds is 5. The minimum atomic E-state index is -0.529. The average Bonchev–Trinajstić information content (AvgIpc) is 3.36. The number of likely N-dealkylation sites (N-methyl/N-ethyl adjacent to an activating group) is 1. The van der Waals surface area contributed by atoms with Crippen LogP contribution in [0.15, 0.2) is 43.0 Å². The molecule has 3 aromatic rings. The van der Waals surface area contributed by atoms with Crippen molar-refractivity contribution >= 4 is 34.1 Å². The Hall–Kier alpha value is -3.19. The molecule has 180 valence electrons. The first-order chi connectivity index (χ1) is 16.3. The van der Waals surface area contributed by atoms with Gasteiger partial charge in [-0.15, -0.1) is 5.10 Å². The molecular formula is C26H30ClFN4O2. The Kier molecular flexibility index (Phi) is 8.45. The lowest BCUT2D eigenvalue weighted by Gasteiger charge is -2.15. The van der Waals surface area contributed by atoms with E-state index in [0.717, 1.165) is 49.9 Å². The smallest absolute Gasteiger partial charge is 0.245 e. The van der Waals surface area contributed by atoms with Crippen molar-refractivity contribution in [3.63, 3.8) is 0 Å². The number of amides is 1. The highest BCUT2D eigenvalue weighted by atomic mass is 35.5. The van der Waals surface area contributed by atoms with Crippen LogP contribution in [0.4, 0.5) is 10.2 Å². The molecule has 1 aromatic heterocycles. The Bertz CT molecular complexity index is 1170. The van der Waals surface area contributed by atoms with Crippen molar-refractivity contribution in [3.8, 4) is 16.9 Å². The number of carbonyl (C=O) groups is 1. The van der Waals surface area contributed by atoms with E-state index in [1.54, 1.807) is 17.0 Å². The largest absolute Gasteiger partial charge is 0.507 e. The molecule has 0 atom stereocenters. The van der Waals surface area contributed by atoms with Gasteiger partial charge in [-0.1, -0.05) is 37.1 Å². The number of aromatic nitrogens is 2. The fraction of sp³-hybridized carbons (Fsp3) is 0.346. The molecule has 2 aromatic carbocycles. The zero-order valence-corrected chi connectivity index (χ0v) is 20.3. The summed E-state index contributed by atoms with van der Waals surface area (Å²) in [6, 6.07) is 7.65. The van der Waals surface area contributed by atoms with Crippen LogP contribution in [-0.2, 0) is 4.79 Å². The van der Waals surface area contributed by atoms with Gasteiger partial charge in [0.1, 0.15) is 11.6 Å². The molecule has 0 spiro atoms. The Morgan fingerprint density at radius 1 is 1.24 bits per heavy atom. The lowest BCUT2D eigenvalue weighted by Crippen LogP contribution is -2.28. The second kappa shape index (κ2) is 11.3. The van der Waals surface area contributed by atoms with Gasteiger partial charge in [-0.25, -0.2) is 4.39 Å². The van der Waals surface area contributed by atoms with Crippen molar-refractivity contribution in [1.29, 1.82) is 0 Å². The topological polar surface area (TPSA) is 92.3 Å².